The lowest BCUT2D eigenvalue weighted by molar-refractivity contribution is -0.127. The lowest BCUT2D eigenvalue weighted by Gasteiger charge is -2.15. The molecule has 0 aliphatic rings. The molecule has 1 aromatic rings. The summed E-state index contributed by atoms with van der Waals surface area (Å²) in [5.74, 6) is 0.519. The van der Waals surface area contributed by atoms with Crippen LogP contribution in [-0.2, 0) is 4.79 Å². The molecule has 0 fully saturated rings. The van der Waals surface area contributed by atoms with Crippen molar-refractivity contribution in [2.75, 3.05) is 6.54 Å². The zero-order valence-corrected chi connectivity index (χ0v) is 11.8. The Hall–Kier alpha value is -1.55. The highest BCUT2D eigenvalue weighted by Gasteiger charge is 2.13. The third-order valence-corrected chi connectivity index (χ3v) is 2.88. The number of ether oxygens (including phenoxy) is 1. The van der Waals surface area contributed by atoms with Crippen molar-refractivity contribution < 1.29 is 14.6 Å². The molecule has 1 rings (SSSR count). The van der Waals surface area contributed by atoms with Crippen LogP contribution in [-0.4, -0.2) is 23.7 Å². The Morgan fingerprint density at radius 3 is 2.47 bits per heavy atom. The number of rotatable bonds is 7. The minimum Gasteiger partial charge on any atom is -0.481 e. The van der Waals surface area contributed by atoms with Crippen molar-refractivity contribution in [1.29, 1.82) is 0 Å². The van der Waals surface area contributed by atoms with Crippen LogP contribution in [0.15, 0.2) is 24.3 Å². The highest BCUT2D eigenvalue weighted by molar-refractivity contribution is 5.80. The zero-order valence-electron chi connectivity index (χ0n) is 11.8. The second-order valence-corrected chi connectivity index (χ2v) is 4.54. The topological polar surface area (TPSA) is 58.6 Å². The van der Waals surface area contributed by atoms with Crippen LogP contribution < -0.4 is 10.1 Å². The molecule has 2 atom stereocenters. The van der Waals surface area contributed by atoms with Gasteiger partial charge >= 0.3 is 0 Å². The summed E-state index contributed by atoms with van der Waals surface area (Å²) >= 11 is 0. The fourth-order valence-electron chi connectivity index (χ4n) is 1.65. The Morgan fingerprint density at radius 2 is 1.95 bits per heavy atom. The first kappa shape index (κ1) is 15.5. The molecule has 2 unspecified atom stereocenters. The fourth-order valence-corrected chi connectivity index (χ4v) is 1.65. The van der Waals surface area contributed by atoms with Gasteiger partial charge in [0.2, 0.25) is 0 Å². The van der Waals surface area contributed by atoms with Crippen molar-refractivity contribution in [1.82, 2.24) is 5.32 Å². The van der Waals surface area contributed by atoms with Crippen LogP contribution >= 0.6 is 0 Å². The number of aliphatic hydroxyl groups is 1. The lowest BCUT2D eigenvalue weighted by atomic mass is 10.1. The summed E-state index contributed by atoms with van der Waals surface area (Å²) in [5, 5.41) is 12.5. The van der Waals surface area contributed by atoms with Crippen molar-refractivity contribution >= 4 is 5.91 Å². The number of hydrogen-bond acceptors (Lipinski definition) is 3. The predicted octanol–water partition coefficient (Wildman–Crippen LogP) is 2.42. The van der Waals surface area contributed by atoms with E-state index in [4.69, 9.17) is 4.74 Å². The predicted molar refractivity (Wildman–Crippen MR) is 75.1 cm³/mol. The first-order valence-corrected chi connectivity index (χ1v) is 6.80. The summed E-state index contributed by atoms with van der Waals surface area (Å²) in [5.41, 5.74) is 0.859. The molecule has 1 aromatic carbocycles. The summed E-state index contributed by atoms with van der Waals surface area (Å²) in [6.07, 6.45) is 0.616. The average molecular weight is 265 g/mol. The van der Waals surface area contributed by atoms with Crippen molar-refractivity contribution in [2.24, 2.45) is 0 Å². The first-order valence-electron chi connectivity index (χ1n) is 6.80. The lowest BCUT2D eigenvalue weighted by Crippen LogP contribution is -2.36. The van der Waals surface area contributed by atoms with Crippen molar-refractivity contribution in [2.45, 2.75) is 45.8 Å². The largest absolute Gasteiger partial charge is 0.481 e. The minimum absolute atomic E-state index is 0.112. The quantitative estimate of drug-likeness (QED) is 0.796. The molecule has 106 valence electrons. The van der Waals surface area contributed by atoms with Gasteiger partial charge in [0.25, 0.3) is 5.91 Å². The molecule has 0 aliphatic carbocycles. The fraction of sp³-hybridized carbons (Fsp3) is 0.533. The van der Waals surface area contributed by atoms with E-state index >= 15 is 0 Å². The number of aliphatic hydroxyl groups excluding tert-OH is 1. The second kappa shape index (κ2) is 7.79. The van der Waals surface area contributed by atoms with Crippen molar-refractivity contribution in [3.63, 3.8) is 0 Å². The molecule has 0 bridgehead atoms. The maximum Gasteiger partial charge on any atom is 0.260 e. The standard InChI is InChI=1S/C15H23NO3/c1-4-10-16-15(18)11(3)19-13-8-6-12(7-9-13)14(17)5-2/h6-9,11,14,17H,4-5,10H2,1-3H3,(H,16,18). The minimum atomic E-state index is -0.520. The van der Waals surface area contributed by atoms with Gasteiger partial charge in [-0.1, -0.05) is 26.0 Å². The van der Waals surface area contributed by atoms with Crippen LogP contribution in [0.4, 0.5) is 0 Å². The van der Waals surface area contributed by atoms with Crippen LogP contribution in [0, 0.1) is 0 Å². The molecule has 0 spiro atoms. The summed E-state index contributed by atoms with van der Waals surface area (Å²) in [4.78, 5) is 11.7. The molecule has 19 heavy (non-hydrogen) atoms. The number of benzene rings is 1. The van der Waals surface area contributed by atoms with E-state index in [0.29, 0.717) is 18.7 Å². The first-order chi connectivity index (χ1) is 9.08. The van der Waals surface area contributed by atoms with Crippen LogP contribution in [0.3, 0.4) is 0 Å². The van der Waals surface area contributed by atoms with Gasteiger partial charge in [0.05, 0.1) is 6.10 Å². The van der Waals surface area contributed by atoms with E-state index in [1.54, 1.807) is 19.1 Å². The molecule has 1 amide bonds. The molecule has 2 N–H and O–H groups in total. The molecular weight excluding hydrogens is 242 g/mol. The maximum absolute atomic E-state index is 11.7. The van der Waals surface area contributed by atoms with E-state index in [-0.39, 0.29) is 5.91 Å². The van der Waals surface area contributed by atoms with E-state index in [1.165, 1.54) is 0 Å². The molecule has 0 radical (unpaired) electrons. The zero-order chi connectivity index (χ0) is 14.3. The Balaban J connectivity index is 2.55. The Morgan fingerprint density at radius 1 is 1.32 bits per heavy atom. The van der Waals surface area contributed by atoms with Crippen LogP contribution in [0.2, 0.25) is 0 Å². The van der Waals surface area contributed by atoms with Crippen LogP contribution in [0.5, 0.6) is 5.75 Å². The molecule has 4 heteroatoms. The molecular formula is C15H23NO3. The van der Waals surface area contributed by atoms with Gasteiger partial charge in [-0.05, 0) is 37.5 Å². The van der Waals surface area contributed by atoms with E-state index in [0.717, 1.165) is 12.0 Å². The molecule has 0 saturated carbocycles. The molecule has 4 nitrogen and oxygen atoms in total. The third kappa shape index (κ3) is 4.91. The molecule has 0 heterocycles. The number of nitrogens with one attached hydrogen (secondary N) is 1. The Kier molecular flexibility index (Phi) is 6.36. The molecule has 0 aromatic heterocycles. The van der Waals surface area contributed by atoms with Gasteiger partial charge in [-0.2, -0.15) is 0 Å². The summed E-state index contributed by atoms with van der Waals surface area (Å²) < 4.78 is 5.55. The highest BCUT2D eigenvalue weighted by Crippen LogP contribution is 2.20. The van der Waals surface area contributed by atoms with Gasteiger partial charge in [-0.3, -0.25) is 4.79 Å². The van der Waals surface area contributed by atoms with E-state index in [9.17, 15) is 9.90 Å². The number of carbonyl (C=O) groups excluding carboxylic acids is 1. The van der Waals surface area contributed by atoms with Crippen LogP contribution in [0.1, 0.15) is 45.3 Å². The van der Waals surface area contributed by atoms with Crippen molar-refractivity contribution in [3.05, 3.63) is 29.8 Å². The molecule has 0 aliphatic heterocycles. The molecule has 0 saturated heterocycles. The summed E-state index contributed by atoms with van der Waals surface area (Å²) in [6.45, 7) is 6.31. The monoisotopic (exact) mass is 265 g/mol. The van der Waals surface area contributed by atoms with E-state index in [2.05, 4.69) is 5.32 Å². The second-order valence-electron chi connectivity index (χ2n) is 4.54. The number of carbonyl (C=O) groups is 1. The van der Waals surface area contributed by atoms with Gasteiger partial charge in [0, 0.05) is 6.54 Å². The van der Waals surface area contributed by atoms with Gasteiger partial charge < -0.3 is 15.2 Å². The normalized spacial score (nSPS) is 13.7. The SMILES string of the molecule is CCCNC(=O)C(C)Oc1ccc(C(O)CC)cc1. The highest BCUT2D eigenvalue weighted by atomic mass is 16.5. The maximum atomic E-state index is 11.7. The Labute approximate surface area is 114 Å². The van der Waals surface area contributed by atoms with Gasteiger partial charge in [-0.15, -0.1) is 0 Å². The number of amides is 1. The van der Waals surface area contributed by atoms with E-state index < -0.39 is 12.2 Å². The average Bonchev–Trinajstić information content (AvgIpc) is 2.44. The summed E-state index contributed by atoms with van der Waals surface area (Å²) in [6, 6.07) is 7.19. The van der Waals surface area contributed by atoms with Crippen molar-refractivity contribution in [3.8, 4) is 5.75 Å². The van der Waals surface area contributed by atoms with Gasteiger partial charge in [-0.25, -0.2) is 0 Å². The smallest absolute Gasteiger partial charge is 0.260 e. The Bertz CT molecular complexity index is 389. The van der Waals surface area contributed by atoms with Crippen LogP contribution in [0.25, 0.3) is 0 Å². The third-order valence-electron chi connectivity index (χ3n) is 2.88. The number of hydrogen-bond donors (Lipinski definition) is 2. The van der Waals surface area contributed by atoms with Gasteiger partial charge in [0.1, 0.15) is 5.75 Å². The van der Waals surface area contributed by atoms with E-state index in [1.807, 2.05) is 26.0 Å². The summed E-state index contributed by atoms with van der Waals surface area (Å²) in [7, 11) is 0. The van der Waals surface area contributed by atoms with Gasteiger partial charge in [0.15, 0.2) is 6.10 Å².